The molecule has 7 nitrogen and oxygen atoms in total. The lowest BCUT2D eigenvalue weighted by atomic mass is 10.1. The van der Waals surface area contributed by atoms with Gasteiger partial charge < -0.3 is 10.2 Å². The van der Waals surface area contributed by atoms with E-state index in [-0.39, 0.29) is 11.8 Å². The molecule has 8 heteroatoms. The van der Waals surface area contributed by atoms with Crippen LogP contribution >= 0.6 is 15.9 Å². The standard InChI is InChI=1S/C20H18BrN5O2/c21-16-6-1-2-7-17(16)26-12-8-15(20(26)28)19(27)23-18-9-11-25(24-18)13-14-5-3-4-10-22-14/h1-7,9-11,15H,8,12-13H2,(H,23,24,27). The third kappa shape index (κ3) is 3.82. The summed E-state index contributed by atoms with van der Waals surface area (Å²) in [6.07, 6.45) is 3.97. The predicted molar refractivity (Wildman–Crippen MR) is 109 cm³/mol. The van der Waals surface area contributed by atoms with Crippen LogP contribution in [0, 0.1) is 5.92 Å². The molecule has 2 aromatic heterocycles. The van der Waals surface area contributed by atoms with Gasteiger partial charge in [-0.3, -0.25) is 19.3 Å². The first-order valence-electron chi connectivity index (χ1n) is 8.92. The minimum Gasteiger partial charge on any atom is -0.311 e. The molecule has 1 aliphatic rings. The number of anilines is 2. The maximum atomic E-state index is 12.7. The molecule has 0 spiro atoms. The molecule has 0 saturated carbocycles. The van der Waals surface area contributed by atoms with Crippen LogP contribution in [0.4, 0.5) is 11.5 Å². The first-order chi connectivity index (χ1) is 13.6. The van der Waals surface area contributed by atoms with Crippen LogP contribution in [0.3, 0.4) is 0 Å². The Balaban J connectivity index is 1.41. The van der Waals surface area contributed by atoms with E-state index in [1.807, 2.05) is 42.5 Å². The molecule has 2 amide bonds. The topological polar surface area (TPSA) is 80.1 Å². The van der Waals surface area contributed by atoms with Crippen LogP contribution in [0.5, 0.6) is 0 Å². The number of nitrogens with zero attached hydrogens (tertiary/aromatic N) is 4. The molecule has 4 rings (SSSR count). The smallest absolute Gasteiger partial charge is 0.239 e. The molecule has 1 saturated heterocycles. The second-order valence-electron chi connectivity index (χ2n) is 6.49. The molecule has 1 fully saturated rings. The monoisotopic (exact) mass is 439 g/mol. The van der Waals surface area contributed by atoms with Crippen molar-refractivity contribution in [3.05, 3.63) is 71.1 Å². The van der Waals surface area contributed by atoms with Gasteiger partial charge in [0.1, 0.15) is 5.92 Å². The lowest BCUT2D eigenvalue weighted by Gasteiger charge is -2.18. The molecular formula is C20H18BrN5O2. The van der Waals surface area contributed by atoms with Crippen molar-refractivity contribution in [2.24, 2.45) is 5.92 Å². The number of benzene rings is 1. The SMILES string of the molecule is O=C(Nc1ccn(Cc2ccccn2)n1)C1CCN(c2ccccc2Br)C1=O. The molecule has 1 aromatic carbocycles. The van der Waals surface area contributed by atoms with Crippen LogP contribution in [0.15, 0.2) is 65.4 Å². The van der Waals surface area contributed by atoms with Gasteiger partial charge in [0, 0.05) is 29.5 Å². The number of halogens is 1. The lowest BCUT2D eigenvalue weighted by molar-refractivity contribution is -0.129. The van der Waals surface area contributed by atoms with Crippen LogP contribution in [0.25, 0.3) is 0 Å². The number of hydrogen-bond donors (Lipinski definition) is 1. The highest BCUT2D eigenvalue weighted by Crippen LogP contribution is 2.31. The van der Waals surface area contributed by atoms with Crippen LogP contribution in [-0.4, -0.2) is 33.1 Å². The second-order valence-corrected chi connectivity index (χ2v) is 7.35. The van der Waals surface area contributed by atoms with Gasteiger partial charge in [-0.2, -0.15) is 5.10 Å². The minimum absolute atomic E-state index is 0.197. The summed E-state index contributed by atoms with van der Waals surface area (Å²) < 4.78 is 2.53. The summed E-state index contributed by atoms with van der Waals surface area (Å²) in [7, 11) is 0. The van der Waals surface area contributed by atoms with Crippen molar-refractivity contribution in [3.63, 3.8) is 0 Å². The number of hydrogen-bond acceptors (Lipinski definition) is 4. The number of carbonyl (C=O) groups excluding carboxylic acids is 2. The Bertz CT molecular complexity index is 1000. The number of pyridine rings is 1. The van der Waals surface area contributed by atoms with Crippen molar-refractivity contribution < 1.29 is 9.59 Å². The Kier molecular flexibility index (Phi) is 5.21. The summed E-state index contributed by atoms with van der Waals surface area (Å²) in [4.78, 5) is 31.3. The van der Waals surface area contributed by atoms with Crippen LogP contribution < -0.4 is 10.2 Å². The summed E-state index contributed by atoms with van der Waals surface area (Å²) in [5.41, 5.74) is 1.65. The summed E-state index contributed by atoms with van der Waals surface area (Å²) in [5.74, 6) is -0.818. The molecule has 1 aliphatic heterocycles. The van der Waals surface area contributed by atoms with Gasteiger partial charge in [0.25, 0.3) is 0 Å². The Hall–Kier alpha value is -3.00. The number of amides is 2. The van der Waals surface area contributed by atoms with Crippen molar-refractivity contribution in [1.82, 2.24) is 14.8 Å². The predicted octanol–water partition coefficient (Wildman–Crippen LogP) is 3.08. The molecular weight excluding hydrogens is 422 g/mol. The minimum atomic E-state index is -0.715. The van der Waals surface area contributed by atoms with E-state index in [1.165, 1.54) is 0 Å². The van der Waals surface area contributed by atoms with Gasteiger partial charge in [-0.05, 0) is 46.6 Å². The molecule has 142 valence electrons. The second kappa shape index (κ2) is 7.93. The quantitative estimate of drug-likeness (QED) is 0.619. The van der Waals surface area contributed by atoms with E-state index in [9.17, 15) is 9.59 Å². The van der Waals surface area contributed by atoms with E-state index in [2.05, 4.69) is 31.3 Å². The highest BCUT2D eigenvalue weighted by atomic mass is 79.9. The molecule has 1 unspecified atom stereocenters. The molecule has 1 atom stereocenters. The number of para-hydroxylation sites is 1. The maximum absolute atomic E-state index is 12.7. The fourth-order valence-electron chi connectivity index (χ4n) is 3.22. The molecule has 0 bridgehead atoms. The van der Waals surface area contributed by atoms with E-state index < -0.39 is 5.92 Å². The van der Waals surface area contributed by atoms with Crippen LogP contribution in [0.2, 0.25) is 0 Å². The fourth-order valence-corrected chi connectivity index (χ4v) is 3.72. The molecule has 28 heavy (non-hydrogen) atoms. The molecule has 0 radical (unpaired) electrons. The van der Waals surface area contributed by atoms with Gasteiger partial charge in [-0.15, -0.1) is 0 Å². The highest BCUT2D eigenvalue weighted by molar-refractivity contribution is 9.10. The number of aromatic nitrogens is 3. The maximum Gasteiger partial charge on any atom is 0.239 e. The van der Waals surface area contributed by atoms with E-state index in [0.717, 1.165) is 15.9 Å². The summed E-state index contributed by atoms with van der Waals surface area (Å²) >= 11 is 3.46. The average Bonchev–Trinajstić information content (AvgIpc) is 3.29. The lowest BCUT2D eigenvalue weighted by Crippen LogP contribution is -2.33. The number of carbonyl (C=O) groups is 2. The van der Waals surface area contributed by atoms with E-state index in [1.54, 1.807) is 28.0 Å². The van der Waals surface area contributed by atoms with Crippen molar-refractivity contribution >= 4 is 39.2 Å². The zero-order valence-corrected chi connectivity index (χ0v) is 16.5. The Morgan fingerprint density at radius 3 is 2.79 bits per heavy atom. The Morgan fingerprint density at radius 2 is 2.00 bits per heavy atom. The van der Waals surface area contributed by atoms with Crippen molar-refractivity contribution in [2.75, 3.05) is 16.8 Å². The average molecular weight is 440 g/mol. The first-order valence-corrected chi connectivity index (χ1v) is 9.71. The van der Waals surface area contributed by atoms with E-state index >= 15 is 0 Å². The van der Waals surface area contributed by atoms with Crippen molar-refractivity contribution in [2.45, 2.75) is 13.0 Å². The van der Waals surface area contributed by atoms with Gasteiger partial charge >= 0.3 is 0 Å². The Labute approximate surface area is 170 Å². The highest BCUT2D eigenvalue weighted by Gasteiger charge is 2.38. The van der Waals surface area contributed by atoms with Gasteiger partial charge in [0.15, 0.2) is 5.82 Å². The summed E-state index contributed by atoms with van der Waals surface area (Å²) in [6, 6.07) is 14.9. The normalized spacial score (nSPS) is 16.4. The zero-order valence-electron chi connectivity index (χ0n) is 15.0. The van der Waals surface area contributed by atoms with Crippen LogP contribution in [0.1, 0.15) is 12.1 Å². The molecule has 3 aromatic rings. The van der Waals surface area contributed by atoms with Crippen molar-refractivity contribution in [1.29, 1.82) is 0 Å². The third-order valence-corrected chi connectivity index (χ3v) is 5.28. The summed E-state index contributed by atoms with van der Waals surface area (Å²) in [5, 5.41) is 7.10. The zero-order chi connectivity index (χ0) is 19.5. The summed E-state index contributed by atoms with van der Waals surface area (Å²) in [6.45, 7) is 1.02. The number of rotatable bonds is 5. The first kappa shape index (κ1) is 18.4. The van der Waals surface area contributed by atoms with Gasteiger partial charge in [-0.1, -0.05) is 18.2 Å². The molecule has 0 aliphatic carbocycles. The van der Waals surface area contributed by atoms with Crippen molar-refractivity contribution in [3.8, 4) is 0 Å². The van der Waals surface area contributed by atoms with Gasteiger partial charge in [0.05, 0.1) is 17.9 Å². The van der Waals surface area contributed by atoms with Crippen LogP contribution in [-0.2, 0) is 16.1 Å². The fraction of sp³-hybridized carbons (Fsp3) is 0.200. The number of nitrogens with one attached hydrogen (secondary N) is 1. The third-order valence-electron chi connectivity index (χ3n) is 4.61. The largest absolute Gasteiger partial charge is 0.311 e. The van der Waals surface area contributed by atoms with Gasteiger partial charge in [-0.25, -0.2) is 0 Å². The van der Waals surface area contributed by atoms with E-state index in [4.69, 9.17) is 0 Å². The van der Waals surface area contributed by atoms with Gasteiger partial charge in [0.2, 0.25) is 11.8 Å². The molecule has 1 N–H and O–H groups in total. The molecule has 3 heterocycles. The Morgan fingerprint density at radius 1 is 1.18 bits per heavy atom. The van der Waals surface area contributed by atoms with E-state index in [0.29, 0.717) is 25.3 Å².